The van der Waals surface area contributed by atoms with Crippen molar-refractivity contribution in [3.63, 3.8) is 0 Å². The zero-order valence-electron chi connectivity index (χ0n) is 15.6. The van der Waals surface area contributed by atoms with Gasteiger partial charge in [-0.05, 0) is 48.9 Å². The predicted molar refractivity (Wildman–Crippen MR) is 99.2 cm³/mol. The standard InChI is InChI=1S/C20H24N2O4/c1-15(23)26-14-20(2,13-16-5-9-18(24-3)10-6-16)22-21-17-7-11-19(25-4)12-8-17/h5-12H,13-14H2,1-4H3/t20-/m0/s1. The van der Waals surface area contributed by atoms with Crippen LogP contribution in [0.3, 0.4) is 0 Å². The van der Waals surface area contributed by atoms with E-state index >= 15 is 0 Å². The Morgan fingerprint density at radius 1 is 0.962 bits per heavy atom. The minimum absolute atomic E-state index is 0.147. The van der Waals surface area contributed by atoms with Crippen molar-refractivity contribution in [1.82, 2.24) is 0 Å². The molecule has 0 aliphatic heterocycles. The third-order valence-electron chi connectivity index (χ3n) is 3.81. The van der Waals surface area contributed by atoms with E-state index in [1.165, 1.54) is 6.92 Å². The summed E-state index contributed by atoms with van der Waals surface area (Å²) in [5.74, 6) is 1.20. The fraction of sp³-hybridized carbons (Fsp3) is 0.350. The van der Waals surface area contributed by atoms with Crippen molar-refractivity contribution in [2.45, 2.75) is 25.8 Å². The van der Waals surface area contributed by atoms with E-state index in [1.54, 1.807) is 14.2 Å². The number of esters is 1. The van der Waals surface area contributed by atoms with E-state index in [0.717, 1.165) is 17.1 Å². The van der Waals surface area contributed by atoms with Crippen LogP contribution in [0.25, 0.3) is 0 Å². The average molecular weight is 356 g/mol. The molecule has 6 heteroatoms. The van der Waals surface area contributed by atoms with Crippen LogP contribution >= 0.6 is 0 Å². The first kappa shape index (κ1) is 19.4. The number of benzene rings is 2. The second-order valence-corrected chi connectivity index (χ2v) is 6.20. The number of carbonyl (C=O) groups is 1. The molecule has 0 N–H and O–H groups in total. The fourth-order valence-corrected chi connectivity index (χ4v) is 2.38. The monoisotopic (exact) mass is 356 g/mol. The van der Waals surface area contributed by atoms with Crippen LogP contribution < -0.4 is 9.47 Å². The number of nitrogens with zero attached hydrogens (tertiary/aromatic N) is 2. The van der Waals surface area contributed by atoms with Crippen molar-refractivity contribution in [2.75, 3.05) is 20.8 Å². The predicted octanol–water partition coefficient (Wildman–Crippen LogP) is 4.35. The molecule has 138 valence electrons. The number of hydrogen-bond acceptors (Lipinski definition) is 6. The van der Waals surface area contributed by atoms with Crippen LogP contribution in [0.4, 0.5) is 5.69 Å². The summed E-state index contributed by atoms with van der Waals surface area (Å²) in [5, 5.41) is 8.78. The van der Waals surface area contributed by atoms with Crippen molar-refractivity contribution in [3.8, 4) is 11.5 Å². The highest BCUT2D eigenvalue weighted by molar-refractivity contribution is 5.66. The summed E-state index contributed by atoms with van der Waals surface area (Å²) in [6.07, 6.45) is 0.573. The van der Waals surface area contributed by atoms with Gasteiger partial charge in [-0.15, -0.1) is 0 Å². The molecule has 2 aromatic carbocycles. The zero-order chi connectivity index (χ0) is 19.0. The number of azo groups is 1. The molecule has 2 rings (SSSR count). The van der Waals surface area contributed by atoms with Crippen LogP contribution in [0.1, 0.15) is 19.4 Å². The van der Waals surface area contributed by atoms with Crippen LogP contribution in [-0.2, 0) is 16.0 Å². The summed E-state index contributed by atoms with van der Waals surface area (Å²) in [6, 6.07) is 15.0. The Morgan fingerprint density at radius 3 is 2.00 bits per heavy atom. The molecule has 0 saturated carbocycles. The van der Waals surface area contributed by atoms with Crippen LogP contribution in [0.2, 0.25) is 0 Å². The molecule has 0 bridgehead atoms. The zero-order valence-corrected chi connectivity index (χ0v) is 15.6. The topological polar surface area (TPSA) is 69.5 Å². The highest BCUT2D eigenvalue weighted by Crippen LogP contribution is 2.24. The highest BCUT2D eigenvalue weighted by Gasteiger charge is 2.26. The molecule has 0 saturated heterocycles. The maximum atomic E-state index is 11.2. The third kappa shape index (κ3) is 5.88. The molecule has 2 aromatic rings. The molecule has 1 atom stereocenters. The molecule has 0 unspecified atom stereocenters. The van der Waals surface area contributed by atoms with E-state index in [9.17, 15) is 4.79 Å². The van der Waals surface area contributed by atoms with E-state index < -0.39 is 5.54 Å². The van der Waals surface area contributed by atoms with Gasteiger partial charge in [0.1, 0.15) is 23.6 Å². The average Bonchev–Trinajstić information content (AvgIpc) is 2.66. The highest BCUT2D eigenvalue weighted by atomic mass is 16.5. The molecule has 0 amide bonds. The molecular formula is C20H24N2O4. The fourth-order valence-electron chi connectivity index (χ4n) is 2.38. The minimum atomic E-state index is -0.680. The van der Waals surface area contributed by atoms with E-state index in [4.69, 9.17) is 14.2 Å². The van der Waals surface area contributed by atoms with Gasteiger partial charge in [-0.1, -0.05) is 12.1 Å². The molecule has 26 heavy (non-hydrogen) atoms. The summed E-state index contributed by atoms with van der Waals surface area (Å²) in [4.78, 5) is 11.2. The number of methoxy groups -OCH3 is 2. The van der Waals surface area contributed by atoms with Crippen molar-refractivity contribution in [3.05, 3.63) is 54.1 Å². The lowest BCUT2D eigenvalue weighted by Gasteiger charge is -2.23. The van der Waals surface area contributed by atoms with Gasteiger partial charge in [-0.3, -0.25) is 4.79 Å². The lowest BCUT2D eigenvalue weighted by atomic mass is 9.94. The number of rotatable bonds is 8. The van der Waals surface area contributed by atoms with Crippen molar-refractivity contribution in [1.29, 1.82) is 0 Å². The first-order valence-electron chi connectivity index (χ1n) is 8.27. The summed E-state index contributed by atoms with van der Waals surface area (Å²) in [7, 11) is 3.24. The molecular weight excluding hydrogens is 332 g/mol. The molecule has 0 spiro atoms. The number of ether oxygens (including phenoxy) is 3. The van der Waals surface area contributed by atoms with Gasteiger partial charge in [0.25, 0.3) is 0 Å². The molecule has 0 radical (unpaired) electrons. The number of hydrogen-bond donors (Lipinski definition) is 0. The maximum Gasteiger partial charge on any atom is 0.302 e. The number of carbonyl (C=O) groups excluding carboxylic acids is 1. The van der Waals surface area contributed by atoms with Gasteiger partial charge < -0.3 is 14.2 Å². The Bertz CT molecular complexity index is 741. The van der Waals surface area contributed by atoms with Gasteiger partial charge in [0.2, 0.25) is 0 Å². The Morgan fingerprint density at radius 2 is 1.50 bits per heavy atom. The molecule has 0 aliphatic rings. The molecule has 6 nitrogen and oxygen atoms in total. The Kier molecular flexibility index (Phi) is 6.72. The van der Waals surface area contributed by atoms with E-state index in [1.807, 2.05) is 55.5 Å². The smallest absolute Gasteiger partial charge is 0.302 e. The largest absolute Gasteiger partial charge is 0.497 e. The Hall–Kier alpha value is -2.89. The third-order valence-corrected chi connectivity index (χ3v) is 3.81. The van der Waals surface area contributed by atoms with Crippen molar-refractivity contribution in [2.24, 2.45) is 10.2 Å². The SMILES string of the molecule is COc1ccc(C[C@@](C)(COC(C)=O)N=Nc2ccc(OC)cc2)cc1. The second kappa shape index (κ2) is 8.99. The van der Waals surface area contributed by atoms with Crippen LogP contribution in [0.15, 0.2) is 58.8 Å². The Balaban J connectivity index is 2.18. The van der Waals surface area contributed by atoms with E-state index in [2.05, 4.69) is 10.2 Å². The minimum Gasteiger partial charge on any atom is -0.497 e. The molecule has 0 aliphatic carbocycles. The van der Waals surface area contributed by atoms with Gasteiger partial charge in [-0.2, -0.15) is 10.2 Å². The summed E-state index contributed by atoms with van der Waals surface area (Å²) >= 11 is 0. The molecule has 0 heterocycles. The van der Waals surface area contributed by atoms with E-state index in [-0.39, 0.29) is 12.6 Å². The van der Waals surface area contributed by atoms with Crippen molar-refractivity contribution < 1.29 is 19.0 Å². The van der Waals surface area contributed by atoms with Gasteiger partial charge in [0.15, 0.2) is 0 Å². The quantitative estimate of drug-likeness (QED) is 0.521. The van der Waals surface area contributed by atoms with Crippen LogP contribution in [0.5, 0.6) is 11.5 Å². The lowest BCUT2D eigenvalue weighted by Crippen LogP contribution is -2.32. The van der Waals surface area contributed by atoms with Gasteiger partial charge >= 0.3 is 5.97 Å². The van der Waals surface area contributed by atoms with E-state index in [0.29, 0.717) is 12.1 Å². The summed E-state index contributed by atoms with van der Waals surface area (Å²) < 4.78 is 15.5. The maximum absolute atomic E-state index is 11.2. The second-order valence-electron chi connectivity index (χ2n) is 6.20. The van der Waals surface area contributed by atoms with Gasteiger partial charge in [0, 0.05) is 13.3 Å². The lowest BCUT2D eigenvalue weighted by molar-refractivity contribution is -0.142. The Labute approximate surface area is 153 Å². The normalized spacial score (nSPS) is 13.2. The summed E-state index contributed by atoms with van der Waals surface area (Å²) in [6.45, 7) is 3.44. The molecule has 0 aromatic heterocycles. The van der Waals surface area contributed by atoms with Crippen LogP contribution in [-0.4, -0.2) is 32.3 Å². The first-order valence-corrected chi connectivity index (χ1v) is 8.27. The van der Waals surface area contributed by atoms with Crippen molar-refractivity contribution >= 4 is 11.7 Å². The van der Waals surface area contributed by atoms with Gasteiger partial charge in [-0.25, -0.2) is 0 Å². The molecule has 0 fully saturated rings. The first-order chi connectivity index (χ1) is 12.4. The van der Waals surface area contributed by atoms with Crippen LogP contribution in [0, 0.1) is 0 Å². The van der Waals surface area contributed by atoms with Gasteiger partial charge in [0.05, 0.1) is 19.9 Å². The summed E-state index contributed by atoms with van der Waals surface area (Å²) in [5.41, 5.74) is 1.07.